The SMILES string of the molecule is CCOc1ccc(-n2ccc3c(cnc4c(C(=O)OC)cnn43)c2=O)cc1. The van der Waals surface area contributed by atoms with Crippen molar-refractivity contribution in [2.75, 3.05) is 13.7 Å². The molecule has 0 N–H and O–H groups in total. The Hall–Kier alpha value is -3.68. The summed E-state index contributed by atoms with van der Waals surface area (Å²) in [6.45, 7) is 2.49. The van der Waals surface area contributed by atoms with Crippen LogP contribution in [0.1, 0.15) is 17.3 Å². The van der Waals surface area contributed by atoms with Crippen molar-refractivity contribution >= 4 is 22.5 Å². The molecule has 136 valence electrons. The molecule has 4 rings (SSSR count). The molecule has 1 aromatic carbocycles. The lowest BCUT2D eigenvalue weighted by Crippen LogP contribution is -2.19. The molecule has 0 amide bonds. The quantitative estimate of drug-likeness (QED) is 0.516. The summed E-state index contributed by atoms with van der Waals surface area (Å²) in [6.07, 6.45) is 4.50. The van der Waals surface area contributed by atoms with E-state index in [1.807, 2.05) is 31.2 Å². The smallest absolute Gasteiger partial charge is 0.343 e. The molecule has 3 aromatic heterocycles. The van der Waals surface area contributed by atoms with E-state index in [1.165, 1.54) is 28.6 Å². The van der Waals surface area contributed by atoms with Crippen molar-refractivity contribution in [3.8, 4) is 11.4 Å². The third-order valence-corrected chi connectivity index (χ3v) is 4.23. The fourth-order valence-electron chi connectivity index (χ4n) is 2.94. The highest BCUT2D eigenvalue weighted by atomic mass is 16.5. The van der Waals surface area contributed by atoms with Crippen LogP contribution in [0.2, 0.25) is 0 Å². The number of carbonyl (C=O) groups excluding carboxylic acids is 1. The van der Waals surface area contributed by atoms with Gasteiger partial charge in [-0.25, -0.2) is 14.3 Å². The highest BCUT2D eigenvalue weighted by Crippen LogP contribution is 2.18. The minimum atomic E-state index is -0.528. The second kappa shape index (κ2) is 6.56. The van der Waals surface area contributed by atoms with E-state index in [-0.39, 0.29) is 11.1 Å². The van der Waals surface area contributed by atoms with Crippen LogP contribution in [0.25, 0.3) is 22.2 Å². The van der Waals surface area contributed by atoms with Gasteiger partial charge in [0, 0.05) is 18.1 Å². The summed E-state index contributed by atoms with van der Waals surface area (Å²) in [6, 6.07) is 9.01. The maximum absolute atomic E-state index is 12.9. The third-order valence-electron chi connectivity index (χ3n) is 4.23. The van der Waals surface area contributed by atoms with Gasteiger partial charge in [0.05, 0.1) is 30.8 Å². The number of esters is 1. The average Bonchev–Trinajstić information content (AvgIpc) is 3.13. The first kappa shape index (κ1) is 16.8. The second-order valence-electron chi connectivity index (χ2n) is 5.76. The van der Waals surface area contributed by atoms with Gasteiger partial charge >= 0.3 is 5.97 Å². The maximum Gasteiger partial charge on any atom is 0.343 e. The molecule has 3 heterocycles. The Balaban J connectivity index is 1.86. The first-order chi connectivity index (χ1) is 13.1. The van der Waals surface area contributed by atoms with Crippen LogP contribution in [0.15, 0.2) is 53.7 Å². The van der Waals surface area contributed by atoms with E-state index >= 15 is 0 Å². The third kappa shape index (κ3) is 2.71. The van der Waals surface area contributed by atoms with E-state index in [0.29, 0.717) is 28.8 Å². The van der Waals surface area contributed by atoms with Crippen molar-refractivity contribution in [3.63, 3.8) is 0 Å². The number of nitrogens with zero attached hydrogens (tertiary/aromatic N) is 4. The Kier molecular flexibility index (Phi) is 4.08. The molecule has 0 radical (unpaired) electrons. The second-order valence-corrected chi connectivity index (χ2v) is 5.76. The van der Waals surface area contributed by atoms with Gasteiger partial charge in [0.2, 0.25) is 0 Å². The number of methoxy groups -OCH3 is 1. The van der Waals surface area contributed by atoms with E-state index in [9.17, 15) is 9.59 Å². The number of ether oxygens (including phenoxy) is 2. The Morgan fingerprint density at radius 3 is 2.63 bits per heavy atom. The lowest BCUT2D eigenvalue weighted by atomic mass is 10.2. The minimum absolute atomic E-state index is 0.235. The normalized spacial score (nSPS) is 11.0. The van der Waals surface area contributed by atoms with E-state index < -0.39 is 5.97 Å². The van der Waals surface area contributed by atoms with E-state index in [4.69, 9.17) is 9.47 Å². The maximum atomic E-state index is 12.9. The largest absolute Gasteiger partial charge is 0.494 e. The number of hydrogen-bond donors (Lipinski definition) is 0. The molecule has 0 aliphatic rings. The summed E-state index contributed by atoms with van der Waals surface area (Å²) in [7, 11) is 1.29. The highest BCUT2D eigenvalue weighted by Gasteiger charge is 2.17. The van der Waals surface area contributed by atoms with Crippen LogP contribution in [-0.4, -0.2) is 38.9 Å². The molecule has 8 heteroatoms. The summed E-state index contributed by atoms with van der Waals surface area (Å²) in [5.74, 6) is 0.213. The van der Waals surface area contributed by atoms with Crippen LogP contribution >= 0.6 is 0 Å². The van der Waals surface area contributed by atoms with Gasteiger partial charge in [-0.15, -0.1) is 0 Å². The van der Waals surface area contributed by atoms with Crippen molar-refractivity contribution in [3.05, 3.63) is 64.8 Å². The molecule has 8 nitrogen and oxygen atoms in total. The number of pyridine rings is 1. The van der Waals surface area contributed by atoms with E-state index in [0.717, 1.165) is 5.75 Å². The predicted octanol–water partition coefficient (Wildman–Crippen LogP) is 2.22. The number of fused-ring (bicyclic) bond motifs is 3. The van der Waals surface area contributed by atoms with Crippen molar-refractivity contribution < 1.29 is 14.3 Å². The number of aromatic nitrogens is 4. The van der Waals surface area contributed by atoms with Crippen LogP contribution in [-0.2, 0) is 4.74 Å². The highest BCUT2D eigenvalue weighted by molar-refractivity contribution is 5.96. The molecule has 0 aliphatic heterocycles. The van der Waals surface area contributed by atoms with Crippen molar-refractivity contribution in [2.45, 2.75) is 6.92 Å². The van der Waals surface area contributed by atoms with Gasteiger partial charge in [0.15, 0.2) is 5.65 Å². The molecule has 0 unspecified atom stereocenters. The summed E-state index contributed by atoms with van der Waals surface area (Å²) in [5, 5.41) is 4.57. The lowest BCUT2D eigenvalue weighted by molar-refractivity contribution is 0.0602. The first-order valence-electron chi connectivity index (χ1n) is 8.33. The molecule has 0 saturated heterocycles. The summed E-state index contributed by atoms with van der Waals surface area (Å²) in [5.41, 5.74) is 1.62. The molecule has 0 aliphatic carbocycles. The van der Waals surface area contributed by atoms with Crippen LogP contribution in [0.5, 0.6) is 5.75 Å². The molecule has 0 saturated carbocycles. The zero-order chi connectivity index (χ0) is 19.0. The van der Waals surface area contributed by atoms with Crippen LogP contribution in [0.4, 0.5) is 0 Å². The van der Waals surface area contributed by atoms with Gasteiger partial charge in [-0.3, -0.25) is 9.36 Å². The number of benzene rings is 1. The minimum Gasteiger partial charge on any atom is -0.494 e. The monoisotopic (exact) mass is 364 g/mol. The topological polar surface area (TPSA) is 87.7 Å². The first-order valence-corrected chi connectivity index (χ1v) is 8.33. The Morgan fingerprint density at radius 1 is 1.15 bits per heavy atom. The fourth-order valence-corrected chi connectivity index (χ4v) is 2.94. The van der Waals surface area contributed by atoms with Gasteiger partial charge in [-0.05, 0) is 37.3 Å². The van der Waals surface area contributed by atoms with Gasteiger partial charge in [-0.1, -0.05) is 0 Å². The zero-order valence-electron chi connectivity index (χ0n) is 14.7. The van der Waals surface area contributed by atoms with Crippen LogP contribution in [0, 0.1) is 0 Å². The molecule has 0 spiro atoms. The summed E-state index contributed by atoms with van der Waals surface area (Å²) in [4.78, 5) is 29.0. The van der Waals surface area contributed by atoms with E-state index in [1.54, 1.807) is 12.3 Å². The summed E-state index contributed by atoms with van der Waals surface area (Å²) >= 11 is 0. The Bertz CT molecular complexity index is 1210. The molecule has 0 atom stereocenters. The number of hydrogen-bond acceptors (Lipinski definition) is 6. The van der Waals surface area contributed by atoms with Crippen LogP contribution in [0.3, 0.4) is 0 Å². The van der Waals surface area contributed by atoms with Gasteiger partial charge < -0.3 is 9.47 Å². The number of rotatable bonds is 4. The average molecular weight is 364 g/mol. The molecular formula is C19H16N4O4. The standard InChI is InChI=1S/C19H16N4O4/c1-3-27-13-6-4-12(5-7-13)22-9-8-16-14(18(22)24)10-20-17-15(19(25)26-2)11-21-23(16)17/h4-11H,3H2,1-2H3. The van der Waals surface area contributed by atoms with Gasteiger partial charge in [0.1, 0.15) is 11.3 Å². The van der Waals surface area contributed by atoms with Gasteiger partial charge in [-0.2, -0.15) is 5.10 Å². The summed E-state index contributed by atoms with van der Waals surface area (Å²) < 4.78 is 13.2. The lowest BCUT2D eigenvalue weighted by Gasteiger charge is -2.09. The van der Waals surface area contributed by atoms with Crippen LogP contribution < -0.4 is 10.3 Å². The molecule has 4 aromatic rings. The van der Waals surface area contributed by atoms with Crippen molar-refractivity contribution in [2.24, 2.45) is 0 Å². The fraction of sp³-hybridized carbons (Fsp3) is 0.158. The van der Waals surface area contributed by atoms with E-state index in [2.05, 4.69) is 10.1 Å². The molecule has 0 fully saturated rings. The zero-order valence-corrected chi connectivity index (χ0v) is 14.7. The molecular weight excluding hydrogens is 348 g/mol. The number of carbonyl (C=O) groups is 1. The Labute approximate surface area is 153 Å². The molecule has 0 bridgehead atoms. The van der Waals surface area contributed by atoms with Gasteiger partial charge in [0.25, 0.3) is 5.56 Å². The van der Waals surface area contributed by atoms with Crippen molar-refractivity contribution in [1.29, 1.82) is 0 Å². The Morgan fingerprint density at radius 2 is 1.93 bits per heavy atom. The molecule has 27 heavy (non-hydrogen) atoms. The predicted molar refractivity (Wildman–Crippen MR) is 98.6 cm³/mol. The van der Waals surface area contributed by atoms with Crippen molar-refractivity contribution in [1.82, 2.24) is 19.2 Å².